The Balaban J connectivity index is 1.91. The summed E-state index contributed by atoms with van der Waals surface area (Å²) in [6.07, 6.45) is 14.0. The molecule has 0 radical (unpaired) electrons. The van der Waals surface area contributed by atoms with Crippen LogP contribution in [0.5, 0.6) is 0 Å². The third-order valence-corrected chi connectivity index (χ3v) is 4.24. The predicted octanol–water partition coefficient (Wildman–Crippen LogP) is 1.38. The second-order valence-corrected chi connectivity index (χ2v) is 6.22. The van der Waals surface area contributed by atoms with Crippen LogP contribution in [0.1, 0.15) is 25.7 Å². The molecular formula is C11H18OSi. The lowest BCUT2D eigenvalue weighted by Gasteiger charge is -2.35. The molecule has 1 nitrogen and oxygen atoms in total. The minimum absolute atomic E-state index is 0.280. The third-order valence-electron chi connectivity index (χ3n) is 3.05. The summed E-state index contributed by atoms with van der Waals surface area (Å²) in [6, 6.07) is 0. The van der Waals surface area contributed by atoms with Gasteiger partial charge in [-0.25, -0.2) is 0 Å². The first-order valence-corrected chi connectivity index (χ1v) is 6.27. The maximum absolute atomic E-state index is 5.92. The Morgan fingerprint density at radius 2 is 2.08 bits per heavy atom. The van der Waals surface area contributed by atoms with Crippen molar-refractivity contribution in [2.75, 3.05) is 6.61 Å². The van der Waals surface area contributed by atoms with E-state index >= 15 is 0 Å². The lowest BCUT2D eigenvalue weighted by atomic mass is 9.97. The van der Waals surface area contributed by atoms with E-state index in [1.165, 1.54) is 35.9 Å². The van der Waals surface area contributed by atoms with Crippen molar-refractivity contribution < 1.29 is 4.74 Å². The Kier molecular flexibility index (Phi) is 2.70. The minimum Gasteiger partial charge on any atom is -0.380 e. The molecule has 0 aromatic heterocycles. The zero-order valence-electron chi connectivity index (χ0n) is 8.33. The standard InChI is InChI=1S/C11H18OSi/c13-11(7-3-4-8-12-11)9-10-5-1-2-6-10/h1-2,5-6,10H,3-4,7-9H2,13H3. The first-order valence-electron chi connectivity index (χ1n) is 5.27. The van der Waals surface area contributed by atoms with E-state index in [4.69, 9.17) is 4.74 Å². The highest BCUT2D eigenvalue weighted by molar-refractivity contribution is 6.14. The van der Waals surface area contributed by atoms with E-state index in [0.717, 1.165) is 6.61 Å². The highest BCUT2D eigenvalue weighted by Gasteiger charge is 2.29. The van der Waals surface area contributed by atoms with Crippen molar-refractivity contribution in [1.82, 2.24) is 0 Å². The molecule has 1 unspecified atom stereocenters. The highest BCUT2D eigenvalue weighted by atomic mass is 28.1. The molecule has 1 saturated heterocycles. The summed E-state index contributed by atoms with van der Waals surface area (Å²) in [5.74, 6) is 0.649. The Morgan fingerprint density at radius 3 is 2.69 bits per heavy atom. The molecule has 1 aliphatic carbocycles. The summed E-state index contributed by atoms with van der Waals surface area (Å²) >= 11 is 0. The van der Waals surface area contributed by atoms with E-state index in [9.17, 15) is 0 Å². The van der Waals surface area contributed by atoms with Gasteiger partial charge < -0.3 is 4.74 Å². The molecule has 0 bridgehead atoms. The van der Waals surface area contributed by atoms with Crippen molar-refractivity contribution in [1.29, 1.82) is 0 Å². The normalized spacial score (nSPS) is 34.5. The average molecular weight is 194 g/mol. The van der Waals surface area contributed by atoms with E-state index in [1.54, 1.807) is 0 Å². The van der Waals surface area contributed by atoms with E-state index in [-0.39, 0.29) is 5.22 Å². The number of ether oxygens (including phenoxy) is 1. The number of hydrogen-bond acceptors (Lipinski definition) is 1. The second kappa shape index (κ2) is 3.80. The molecule has 2 rings (SSSR count). The maximum Gasteiger partial charge on any atom is 0.0494 e. The summed E-state index contributed by atoms with van der Waals surface area (Å²) in [7, 11) is 1.17. The van der Waals surface area contributed by atoms with Gasteiger partial charge >= 0.3 is 0 Å². The Labute approximate surface area is 83.3 Å². The van der Waals surface area contributed by atoms with Gasteiger partial charge in [-0.1, -0.05) is 24.3 Å². The summed E-state index contributed by atoms with van der Waals surface area (Å²) in [5, 5.41) is 0.280. The summed E-state index contributed by atoms with van der Waals surface area (Å²) in [6.45, 7) is 0.990. The van der Waals surface area contributed by atoms with E-state index < -0.39 is 0 Å². The third kappa shape index (κ3) is 2.32. The first-order chi connectivity index (χ1) is 6.29. The van der Waals surface area contributed by atoms with Gasteiger partial charge in [0.1, 0.15) is 0 Å². The average Bonchev–Trinajstić information content (AvgIpc) is 2.57. The van der Waals surface area contributed by atoms with Crippen molar-refractivity contribution in [3.63, 3.8) is 0 Å². The van der Waals surface area contributed by atoms with Gasteiger partial charge in [0.2, 0.25) is 0 Å². The number of hydrogen-bond donors (Lipinski definition) is 0. The van der Waals surface area contributed by atoms with Crippen molar-refractivity contribution in [3.05, 3.63) is 24.3 Å². The molecule has 0 aromatic carbocycles. The van der Waals surface area contributed by atoms with Crippen LogP contribution in [-0.4, -0.2) is 22.1 Å². The van der Waals surface area contributed by atoms with Crippen LogP contribution in [0.4, 0.5) is 0 Å². The molecule has 0 spiro atoms. The van der Waals surface area contributed by atoms with Gasteiger partial charge in [0.15, 0.2) is 0 Å². The Morgan fingerprint density at radius 1 is 1.31 bits per heavy atom. The largest absolute Gasteiger partial charge is 0.380 e. The molecule has 0 amide bonds. The summed E-state index contributed by atoms with van der Waals surface area (Å²) in [5.41, 5.74) is 0. The van der Waals surface area contributed by atoms with Crippen molar-refractivity contribution >= 4 is 10.2 Å². The van der Waals surface area contributed by atoms with Gasteiger partial charge in [-0.15, -0.1) is 0 Å². The molecular weight excluding hydrogens is 176 g/mol. The smallest absolute Gasteiger partial charge is 0.0494 e. The molecule has 1 aliphatic heterocycles. The van der Waals surface area contributed by atoms with Crippen LogP contribution in [-0.2, 0) is 4.74 Å². The summed E-state index contributed by atoms with van der Waals surface area (Å²) < 4.78 is 5.92. The van der Waals surface area contributed by atoms with Gasteiger partial charge in [0, 0.05) is 22.1 Å². The molecule has 72 valence electrons. The fourth-order valence-corrected chi connectivity index (χ4v) is 3.29. The van der Waals surface area contributed by atoms with Gasteiger partial charge in [0.05, 0.1) is 0 Å². The zero-order valence-corrected chi connectivity index (χ0v) is 10.3. The monoisotopic (exact) mass is 194 g/mol. The molecule has 2 aliphatic rings. The van der Waals surface area contributed by atoms with Crippen LogP contribution in [0.15, 0.2) is 24.3 Å². The molecule has 0 N–H and O–H groups in total. The van der Waals surface area contributed by atoms with Crippen LogP contribution in [0.3, 0.4) is 0 Å². The van der Waals surface area contributed by atoms with Crippen molar-refractivity contribution in [3.8, 4) is 0 Å². The molecule has 0 saturated carbocycles. The second-order valence-electron chi connectivity index (χ2n) is 4.39. The molecule has 1 heterocycles. The van der Waals surface area contributed by atoms with E-state index in [1.807, 2.05) is 0 Å². The SMILES string of the molecule is [SiH3]C1(CC2C=CC=C2)CCCCO1. The first kappa shape index (κ1) is 9.22. The van der Waals surface area contributed by atoms with Crippen molar-refractivity contribution in [2.45, 2.75) is 30.9 Å². The Hall–Kier alpha value is -0.343. The lowest BCUT2D eigenvalue weighted by Crippen LogP contribution is -2.38. The van der Waals surface area contributed by atoms with Gasteiger partial charge in [0.25, 0.3) is 0 Å². The fourth-order valence-electron chi connectivity index (χ4n) is 2.27. The maximum atomic E-state index is 5.92. The number of rotatable bonds is 2. The quantitative estimate of drug-likeness (QED) is 0.604. The van der Waals surface area contributed by atoms with E-state index in [0.29, 0.717) is 5.92 Å². The fraction of sp³-hybridized carbons (Fsp3) is 0.636. The van der Waals surface area contributed by atoms with Gasteiger partial charge in [-0.05, 0) is 31.6 Å². The van der Waals surface area contributed by atoms with Crippen LogP contribution < -0.4 is 0 Å². The lowest BCUT2D eigenvalue weighted by molar-refractivity contribution is -0.0261. The molecule has 1 fully saturated rings. The predicted molar refractivity (Wildman–Crippen MR) is 58.9 cm³/mol. The topological polar surface area (TPSA) is 9.23 Å². The van der Waals surface area contributed by atoms with Crippen LogP contribution in [0.2, 0.25) is 0 Å². The number of allylic oxidation sites excluding steroid dienone is 4. The van der Waals surface area contributed by atoms with Crippen LogP contribution >= 0.6 is 0 Å². The minimum atomic E-state index is 0.280. The molecule has 1 atom stereocenters. The highest BCUT2D eigenvalue weighted by Crippen LogP contribution is 2.30. The van der Waals surface area contributed by atoms with E-state index in [2.05, 4.69) is 24.3 Å². The zero-order chi connectivity index (χ0) is 9.15. The molecule has 13 heavy (non-hydrogen) atoms. The van der Waals surface area contributed by atoms with Crippen LogP contribution in [0, 0.1) is 5.92 Å². The van der Waals surface area contributed by atoms with Gasteiger partial charge in [-0.2, -0.15) is 0 Å². The molecule has 0 aromatic rings. The Bertz CT molecular complexity index is 214. The molecule has 2 heteroatoms. The van der Waals surface area contributed by atoms with Gasteiger partial charge in [-0.3, -0.25) is 0 Å². The van der Waals surface area contributed by atoms with Crippen LogP contribution in [0.25, 0.3) is 0 Å². The summed E-state index contributed by atoms with van der Waals surface area (Å²) in [4.78, 5) is 0. The van der Waals surface area contributed by atoms with Crippen molar-refractivity contribution in [2.24, 2.45) is 5.92 Å².